The van der Waals surface area contributed by atoms with Crippen molar-refractivity contribution in [2.24, 2.45) is 23.2 Å². The van der Waals surface area contributed by atoms with Gasteiger partial charge in [-0.05, 0) is 45.3 Å². The van der Waals surface area contributed by atoms with Crippen molar-refractivity contribution in [1.29, 1.82) is 0 Å². The summed E-state index contributed by atoms with van der Waals surface area (Å²) in [5, 5.41) is 12.3. The molecule has 37 heavy (non-hydrogen) atoms. The van der Waals surface area contributed by atoms with Gasteiger partial charge in [-0.25, -0.2) is 0 Å². The van der Waals surface area contributed by atoms with Crippen LogP contribution in [0, 0.1) is 23.2 Å². The average molecular weight is 521 g/mol. The van der Waals surface area contributed by atoms with Gasteiger partial charge in [-0.2, -0.15) is 0 Å². The molecule has 0 bridgehead atoms. The Bertz CT molecular complexity index is 984. The maximum atomic E-state index is 12.8. The molecule has 1 fully saturated rings. The van der Waals surface area contributed by atoms with Crippen LogP contribution in [0.25, 0.3) is 0 Å². The summed E-state index contributed by atoms with van der Waals surface area (Å²) in [4.78, 5) is 49.9. The van der Waals surface area contributed by atoms with Crippen LogP contribution in [0.3, 0.4) is 0 Å². The number of fused-ring (bicyclic) bond motifs is 2. The Morgan fingerprint density at radius 3 is 2.38 bits per heavy atom. The number of hydrogen-bond acceptors (Lipinski definition) is 9. The van der Waals surface area contributed by atoms with Crippen LogP contribution in [0.5, 0.6) is 0 Å². The number of allylic oxidation sites excluding steroid dienone is 1. The van der Waals surface area contributed by atoms with Crippen LogP contribution >= 0.6 is 0 Å². The Labute approximate surface area is 218 Å². The van der Waals surface area contributed by atoms with Gasteiger partial charge in [0, 0.05) is 37.5 Å². The van der Waals surface area contributed by atoms with E-state index in [1.807, 2.05) is 33.8 Å². The SMILES string of the molecule is CCCC(=O)OC1C=CC2(C)C(OC(C)=O)CCC(C)=CC3OC(=O)C(C)C3(O)C(OC(C)=O)C2C1C. The predicted molar refractivity (Wildman–Crippen MR) is 133 cm³/mol. The summed E-state index contributed by atoms with van der Waals surface area (Å²) >= 11 is 0. The zero-order valence-electron chi connectivity index (χ0n) is 22.8. The van der Waals surface area contributed by atoms with Crippen molar-refractivity contribution >= 4 is 23.9 Å². The molecule has 0 aromatic heterocycles. The van der Waals surface area contributed by atoms with E-state index in [0.717, 1.165) is 5.57 Å². The third-order valence-corrected chi connectivity index (χ3v) is 8.23. The monoisotopic (exact) mass is 520 g/mol. The van der Waals surface area contributed by atoms with E-state index in [1.165, 1.54) is 13.8 Å². The number of esters is 4. The molecule has 0 aromatic carbocycles. The van der Waals surface area contributed by atoms with Crippen LogP contribution in [0.2, 0.25) is 0 Å². The van der Waals surface area contributed by atoms with Crippen LogP contribution in [-0.4, -0.2) is 59.0 Å². The van der Waals surface area contributed by atoms with E-state index in [-0.39, 0.29) is 12.4 Å². The minimum Gasteiger partial charge on any atom is -0.462 e. The molecule has 0 amide bonds. The molecule has 0 spiro atoms. The molecule has 1 N–H and O–H groups in total. The van der Waals surface area contributed by atoms with Gasteiger partial charge >= 0.3 is 23.9 Å². The highest BCUT2D eigenvalue weighted by Crippen LogP contribution is 2.54. The molecule has 206 valence electrons. The second kappa shape index (κ2) is 11.0. The van der Waals surface area contributed by atoms with Gasteiger partial charge in [0.15, 0.2) is 11.7 Å². The van der Waals surface area contributed by atoms with Gasteiger partial charge in [0.25, 0.3) is 0 Å². The Morgan fingerprint density at radius 2 is 1.78 bits per heavy atom. The molecule has 9 heteroatoms. The highest BCUT2D eigenvalue weighted by molar-refractivity contribution is 5.77. The lowest BCUT2D eigenvalue weighted by atomic mass is 9.56. The summed E-state index contributed by atoms with van der Waals surface area (Å²) in [7, 11) is 0. The number of ether oxygens (including phenoxy) is 4. The molecule has 9 atom stereocenters. The first-order chi connectivity index (χ1) is 17.2. The van der Waals surface area contributed by atoms with Crippen LogP contribution in [0.1, 0.15) is 74.1 Å². The molecule has 1 aliphatic heterocycles. The molecule has 2 aliphatic carbocycles. The first kappa shape index (κ1) is 28.9. The first-order valence-corrected chi connectivity index (χ1v) is 13.1. The molecular weight excluding hydrogens is 480 g/mol. The second-order valence-corrected chi connectivity index (χ2v) is 11.0. The Hall–Kier alpha value is -2.68. The zero-order chi connectivity index (χ0) is 27.7. The fraction of sp³-hybridized carbons (Fsp3) is 0.714. The highest BCUT2D eigenvalue weighted by Gasteiger charge is 2.66. The highest BCUT2D eigenvalue weighted by atomic mass is 16.6. The van der Waals surface area contributed by atoms with Crippen LogP contribution in [0.15, 0.2) is 23.8 Å². The standard InChI is InChI=1S/C28H40O9/c1-8-9-23(31)36-20-12-13-27(7)21(34-18(5)29)11-10-15(2)14-22-28(33,17(4)26(32)37-22)25(35-19(6)30)24(27)16(20)3/h12-14,16-17,20-22,24-25,33H,8-11H2,1-7H3. The van der Waals surface area contributed by atoms with E-state index >= 15 is 0 Å². The van der Waals surface area contributed by atoms with Crippen molar-refractivity contribution in [1.82, 2.24) is 0 Å². The van der Waals surface area contributed by atoms with E-state index in [9.17, 15) is 24.3 Å². The number of aliphatic hydroxyl groups is 1. The number of hydrogen-bond donors (Lipinski definition) is 1. The Morgan fingerprint density at radius 1 is 1.14 bits per heavy atom. The summed E-state index contributed by atoms with van der Waals surface area (Å²) in [6.07, 6.45) is 3.55. The molecule has 0 radical (unpaired) electrons. The average Bonchev–Trinajstić information content (AvgIpc) is 3.01. The Kier molecular flexibility index (Phi) is 8.57. The van der Waals surface area contributed by atoms with Crippen molar-refractivity contribution < 1.29 is 43.2 Å². The van der Waals surface area contributed by atoms with Gasteiger partial charge in [0.1, 0.15) is 18.3 Å². The minimum absolute atomic E-state index is 0.248. The van der Waals surface area contributed by atoms with Gasteiger partial charge in [0.2, 0.25) is 0 Å². The quantitative estimate of drug-likeness (QED) is 0.330. The summed E-state index contributed by atoms with van der Waals surface area (Å²) in [5.41, 5.74) is -2.02. The van der Waals surface area contributed by atoms with E-state index in [0.29, 0.717) is 19.3 Å². The lowest BCUT2D eigenvalue weighted by molar-refractivity contribution is -0.211. The largest absolute Gasteiger partial charge is 0.462 e. The molecule has 1 saturated heterocycles. The van der Waals surface area contributed by atoms with E-state index in [4.69, 9.17) is 18.9 Å². The second-order valence-electron chi connectivity index (χ2n) is 11.0. The molecule has 1 heterocycles. The zero-order valence-corrected chi connectivity index (χ0v) is 22.8. The third-order valence-electron chi connectivity index (χ3n) is 8.23. The Balaban J connectivity index is 2.26. The van der Waals surface area contributed by atoms with E-state index in [1.54, 1.807) is 19.1 Å². The molecule has 9 unspecified atom stereocenters. The third kappa shape index (κ3) is 5.47. The molecule has 0 saturated carbocycles. The normalized spacial score (nSPS) is 39.4. The van der Waals surface area contributed by atoms with Gasteiger partial charge in [0.05, 0.1) is 5.92 Å². The summed E-state index contributed by atoms with van der Waals surface area (Å²) in [6.45, 7) is 11.6. The predicted octanol–water partition coefficient (Wildman–Crippen LogP) is 3.42. The van der Waals surface area contributed by atoms with Crippen LogP contribution < -0.4 is 0 Å². The maximum absolute atomic E-state index is 12.8. The van der Waals surface area contributed by atoms with Gasteiger partial charge < -0.3 is 24.1 Å². The van der Waals surface area contributed by atoms with Crippen LogP contribution in [-0.2, 0) is 38.1 Å². The van der Waals surface area contributed by atoms with E-state index in [2.05, 4.69) is 0 Å². The van der Waals surface area contributed by atoms with Gasteiger partial charge in [-0.1, -0.05) is 32.4 Å². The maximum Gasteiger partial charge on any atom is 0.312 e. The van der Waals surface area contributed by atoms with Crippen molar-refractivity contribution in [3.8, 4) is 0 Å². The van der Waals surface area contributed by atoms with Crippen molar-refractivity contribution in [3.05, 3.63) is 23.8 Å². The van der Waals surface area contributed by atoms with Gasteiger partial charge in [-0.3, -0.25) is 19.2 Å². The van der Waals surface area contributed by atoms with Crippen molar-refractivity contribution in [2.75, 3.05) is 0 Å². The van der Waals surface area contributed by atoms with Crippen molar-refractivity contribution in [3.63, 3.8) is 0 Å². The van der Waals surface area contributed by atoms with Gasteiger partial charge in [-0.15, -0.1) is 0 Å². The van der Waals surface area contributed by atoms with Crippen molar-refractivity contribution in [2.45, 2.75) is 104 Å². The lowest BCUT2D eigenvalue weighted by Crippen LogP contribution is -2.64. The minimum atomic E-state index is -1.91. The molecule has 0 aromatic rings. The fourth-order valence-corrected chi connectivity index (χ4v) is 6.21. The summed E-state index contributed by atoms with van der Waals surface area (Å²) in [5.74, 6) is -4.27. The number of carbonyl (C=O) groups excluding carboxylic acids is 4. The lowest BCUT2D eigenvalue weighted by Gasteiger charge is -2.53. The molecule has 3 aliphatic rings. The molecule has 3 rings (SSSR count). The number of rotatable bonds is 5. The van der Waals surface area contributed by atoms with Crippen LogP contribution in [0.4, 0.5) is 0 Å². The summed E-state index contributed by atoms with van der Waals surface area (Å²) < 4.78 is 23.1. The molecular formula is C28H40O9. The summed E-state index contributed by atoms with van der Waals surface area (Å²) in [6, 6.07) is 0. The fourth-order valence-electron chi connectivity index (χ4n) is 6.21. The number of carbonyl (C=O) groups is 4. The topological polar surface area (TPSA) is 125 Å². The molecule has 9 nitrogen and oxygen atoms in total. The van der Waals surface area contributed by atoms with E-state index < -0.39 is 71.1 Å². The first-order valence-electron chi connectivity index (χ1n) is 13.1. The smallest absolute Gasteiger partial charge is 0.312 e.